The molecule has 1 aromatic carbocycles. The van der Waals surface area contributed by atoms with Crippen molar-refractivity contribution in [2.45, 2.75) is 6.54 Å². The van der Waals surface area contributed by atoms with Gasteiger partial charge in [-0.1, -0.05) is 15.9 Å². The van der Waals surface area contributed by atoms with Crippen molar-refractivity contribution in [1.29, 1.82) is 5.26 Å². The van der Waals surface area contributed by atoms with Crippen LogP contribution in [-0.4, -0.2) is 14.8 Å². The molecular weight excluding hydrogens is 270 g/mol. The number of hydrogen-bond donors (Lipinski definition) is 1. The summed E-state index contributed by atoms with van der Waals surface area (Å²) in [6, 6.07) is 7.57. The van der Waals surface area contributed by atoms with Gasteiger partial charge in [0.15, 0.2) is 0 Å². The Balaban J connectivity index is 2.51. The molecule has 2 aromatic rings. The van der Waals surface area contributed by atoms with Gasteiger partial charge in [-0.05, 0) is 23.8 Å². The highest BCUT2D eigenvalue weighted by atomic mass is 79.9. The van der Waals surface area contributed by atoms with Gasteiger partial charge in [0.05, 0.1) is 5.69 Å². The Kier molecular flexibility index (Phi) is 2.99. The molecule has 0 aliphatic rings. The molecule has 80 valence electrons. The Morgan fingerprint density at radius 3 is 2.94 bits per heavy atom. The summed E-state index contributed by atoms with van der Waals surface area (Å²) in [7, 11) is 0. The predicted octanol–water partition coefficient (Wildman–Crippen LogP) is 1.36. The lowest BCUT2D eigenvalue weighted by Gasteiger charge is -2.07. The van der Waals surface area contributed by atoms with Gasteiger partial charge in [0, 0.05) is 11.0 Å². The van der Waals surface area contributed by atoms with E-state index in [0.29, 0.717) is 6.54 Å². The normalized spacial score (nSPS) is 10.1. The minimum atomic E-state index is 0.144. The molecule has 0 atom stereocenters. The number of halogens is 1. The van der Waals surface area contributed by atoms with Crippen LogP contribution < -0.4 is 5.73 Å². The smallest absolute Gasteiger partial charge is 0.252 e. The van der Waals surface area contributed by atoms with Gasteiger partial charge in [-0.25, -0.2) is 9.67 Å². The van der Waals surface area contributed by atoms with E-state index in [1.165, 1.54) is 6.33 Å². The maximum atomic E-state index is 8.65. The summed E-state index contributed by atoms with van der Waals surface area (Å²) in [6.07, 6.45) is 1.50. The second kappa shape index (κ2) is 4.43. The Hall–Kier alpha value is -1.71. The molecular formula is C10H8BrN5. The molecule has 1 heterocycles. The monoisotopic (exact) mass is 277 g/mol. The lowest BCUT2D eigenvalue weighted by Crippen LogP contribution is -2.05. The average Bonchev–Trinajstić information content (AvgIpc) is 2.77. The Morgan fingerprint density at radius 1 is 1.50 bits per heavy atom. The topological polar surface area (TPSA) is 80.5 Å². The van der Waals surface area contributed by atoms with Crippen molar-refractivity contribution in [1.82, 2.24) is 14.8 Å². The minimum absolute atomic E-state index is 0.144. The number of aromatic nitrogens is 3. The third kappa shape index (κ3) is 1.96. The Morgan fingerprint density at radius 2 is 2.31 bits per heavy atom. The lowest BCUT2D eigenvalue weighted by atomic mass is 10.2. The highest BCUT2D eigenvalue weighted by Crippen LogP contribution is 2.19. The molecule has 16 heavy (non-hydrogen) atoms. The van der Waals surface area contributed by atoms with Crippen LogP contribution in [0.3, 0.4) is 0 Å². The molecule has 0 bridgehead atoms. The number of benzene rings is 1. The van der Waals surface area contributed by atoms with Gasteiger partial charge >= 0.3 is 0 Å². The Bertz CT molecular complexity index is 555. The van der Waals surface area contributed by atoms with Crippen molar-refractivity contribution in [3.05, 3.63) is 40.4 Å². The van der Waals surface area contributed by atoms with Crippen LogP contribution in [0.25, 0.3) is 5.69 Å². The SMILES string of the molecule is N#Cc1ncn(-c2ccc(Br)cc2CN)n1. The van der Waals surface area contributed by atoms with Crippen LogP contribution in [0.5, 0.6) is 0 Å². The van der Waals surface area contributed by atoms with E-state index in [0.717, 1.165) is 15.7 Å². The van der Waals surface area contributed by atoms with Gasteiger partial charge in [-0.2, -0.15) is 5.26 Å². The van der Waals surface area contributed by atoms with Crippen LogP contribution in [-0.2, 0) is 6.54 Å². The molecule has 2 N–H and O–H groups in total. The number of nitrogens with two attached hydrogens (primary N) is 1. The quantitative estimate of drug-likeness (QED) is 0.899. The molecule has 0 aliphatic heterocycles. The number of nitrogens with zero attached hydrogens (tertiary/aromatic N) is 4. The first-order chi connectivity index (χ1) is 7.74. The molecule has 2 rings (SSSR count). The largest absolute Gasteiger partial charge is 0.326 e. The second-order valence-corrected chi connectivity index (χ2v) is 4.02. The first-order valence-electron chi connectivity index (χ1n) is 4.55. The van der Waals surface area contributed by atoms with Gasteiger partial charge in [0.2, 0.25) is 0 Å². The predicted molar refractivity (Wildman–Crippen MR) is 61.7 cm³/mol. The molecule has 0 spiro atoms. The van der Waals surface area contributed by atoms with Crippen LogP contribution in [0, 0.1) is 11.3 Å². The fourth-order valence-electron chi connectivity index (χ4n) is 1.37. The van der Waals surface area contributed by atoms with Crippen molar-refractivity contribution < 1.29 is 0 Å². The first kappa shape index (κ1) is 10.8. The molecule has 0 unspecified atom stereocenters. The molecule has 0 fully saturated rings. The molecule has 0 saturated heterocycles. The maximum Gasteiger partial charge on any atom is 0.252 e. The van der Waals surface area contributed by atoms with Crippen molar-refractivity contribution in [2.24, 2.45) is 5.73 Å². The second-order valence-electron chi connectivity index (χ2n) is 3.10. The summed E-state index contributed by atoms with van der Waals surface area (Å²) in [6.45, 7) is 0.399. The van der Waals surface area contributed by atoms with E-state index in [9.17, 15) is 0 Å². The highest BCUT2D eigenvalue weighted by Gasteiger charge is 2.06. The fraction of sp³-hybridized carbons (Fsp3) is 0.100. The van der Waals surface area contributed by atoms with E-state index in [2.05, 4.69) is 26.0 Å². The lowest BCUT2D eigenvalue weighted by molar-refractivity contribution is 0.851. The average molecular weight is 278 g/mol. The van der Waals surface area contributed by atoms with Crippen LogP contribution in [0.4, 0.5) is 0 Å². The third-order valence-corrected chi connectivity index (χ3v) is 2.59. The number of nitriles is 1. The molecule has 1 aromatic heterocycles. The van der Waals surface area contributed by atoms with E-state index in [-0.39, 0.29) is 5.82 Å². The van der Waals surface area contributed by atoms with Gasteiger partial charge in [0.1, 0.15) is 12.4 Å². The molecule has 0 amide bonds. The van der Waals surface area contributed by atoms with Crippen LogP contribution in [0.1, 0.15) is 11.4 Å². The van der Waals surface area contributed by atoms with E-state index >= 15 is 0 Å². The van der Waals surface area contributed by atoms with Gasteiger partial charge in [0.25, 0.3) is 5.82 Å². The zero-order chi connectivity index (χ0) is 11.5. The first-order valence-corrected chi connectivity index (χ1v) is 5.34. The summed E-state index contributed by atoms with van der Waals surface area (Å²) in [5.41, 5.74) is 7.42. The van der Waals surface area contributed by atoms with Crippen molar-refractivity contribution in [3.8, 4) is 11.8 Å². The molecule has 6 heteroatoms. The Labute approximate surface area is 101 Å². The molecule has 5 nitrogen and oxygen atoms in total. The standard InChI is InChI=1S/C10H8BrN5/c11-8-1-2-9(7(3-8)4-12)16-6-14-10(5-13)15-16/h1-3,6H,4,12H2. The van der Waals surface area contributed by atoms with E-state index in [1.54, 1.807) is 4.68 Å². The van der Waals surface area contributed by atoms with E-state index in [4.69, 9.17) is 11.0 Å². The summed E-state index contributed by atoms with van der Waals surface area (Å²) in [4.78, 5) is 3.85. The number of hydrogen-bond acceptors (Lipinski definition) is 4. The highest BCUT2D eigenvalue weighted by molar-refractivity contribution is 9.10. The van der Waals surface area contributed by atoms with E-state index < -0.39 is 0 Å². The van der Waals surface area contributed by atoms with Crippen LogP contribution in [0.15, 0.2) is 29.0 Å². The van der Waals surface area contributed by atoms with Gasteiger partial charge in [-0.3, -0.25) is 0 Å². The molecule has 0 saturated carbocycles. The summed E-state index contributed by atoms with van der Waals surface area (Å²) in [5.74, 6) is 0.144. The number of rotatable bonds is 2. The zero-order valence-corrected chi connectivity index (χ0v) is 9.85. The van der Waals surface area contributed by atoms with E-state index in [1.807, 2.05) is 24.3 Å². The summed E-state index contributed by atoms with van der Waals surface area (Å²) >= 11 is 3.38. The molecule has 0 aliphatic carbocycles. The van der Waals surface area contributed by atoms with Crippen molar-refractivity contribution >= 4 is 15.9 Å². The zero-order valence-electron chi connectivity index (χ0n) is 8.26. The summed E-state index contributed by atoms with van der Waals surface area (Å²) in [5, 5.41) is 12.7. The van der Waals surface area contributed by atoms with Gasteiger partial charge in [-0.15, -0.1) is 5.10 Å². The maximum absolute atomic E-state index is 8.65. The van der Waals surface area contributed by atoms with Crippen LogP contribution in [0.2, 0.25) is 0 Å². The van der Waals surface area contributed by atoms with Crippen molar-refractivity contribution in [3.63, 3.8) is 0 Å². The van der Waals surface area contributed by atoms with Crippen molar-refractivity contribution in [2.75, 3.05) is 0 Å². The minimum Gasteiger partial charge on any atom is -0.326 e. The molecule has 0 radical (unpaired) electrons. The third-order valence-electron chi connectivity index (χ3n) is 2.10. The van der Waals surface area contributed by atoms with Gasteiger partial charge < -0.3 is 5.73 Å². The summed E-state index contributed by atoms with van der Waals surface area (Å²) < 4.78 is 2.50. The fourth-order valence-corrected chi connectivity index (χ4v) is 1.78. The van der Waals surface area contributed by atoms with Crippen LogP contribution >= 0.6 is 15.9 Å².